The normalized spacial score (nSPS) is 11.4. The first kappa shape index (κ1) is 14.7. The lowest BCUT2D eigenvalue weighted by molar-refractivity contribution is 0.0696. The predicted octanol–water partition coefficient (Wildman–Crippen LogP) is 2.07. The fourth-order valence-corrected chi connectivity index (χ4v) is 3.43. The molecule has 0 spiro atoms. The van der Waals surface area contributed by atoms with Crippen LogP contribution in [0.3, 0.4) is 0 Å². The van der Waals surface area contributed by atoms with Crippen LogP contribution in [0.15, 0.2) is 41.1 Å². The van der Waals surface area contributed by atoms with Crippen molar-refractivity contribution in [2.45, 2.75) is 12.3 Å². The Morgan fingerprint density at radius 2 is 2.05 bits per heavy atom. The molecule has 0 aliphatic heterocycles. The highest BCUT2D eigenvalue weighted by atomic mass is 32.2. The second-order valence-electron chi connectivity index (χ2n) is 4.22. The van der Waals surface area contributed by atoms with Crippen LogP contribution >= 0.6 is 11.3 Å². The molecule has 2 aromatic rings. The van der Waals surface area contributed by atoms with Crippen molar-refractivity contribution < 1.29 is 18.3 Å². The average molecular weight is 311 g/mol. The van der Waals surface area contributed by atoms with Crippen LogP contribution in [0.2, 0.25) is 0 Å². The number of carbonyl (C=O) groups is 1. The summed E-state index contributed by atoms with van der Waals surface area (Å²) in [6.07, 6.45) is 0. The molecule has 0 radical (unpaired) electrons. The van der Waals surface area contributed by atoms with Crippen LogP contribution in [0.4, 0.5) is 0 Å². The minimum Gasteiger partial charge on any atom is -0.478 e. The van der Waals surface area contributed by atoms with E-state index in [-0.39, 0.29) is 17.9 Å². The van der Waals surface area contributed by atoms with E-state index in [9.17, 15) is 13.2 Å². The Bertz CT molecular complexity index is 693. The van der Waals surface area contributed by atoms with Crippen molar-refractivity contribution in [1.82, 2.24) is 4.72 Å². The molecule has 2 N–H and O–H groups in total. The zero-order valence-electron chi connectivity index (χ0n) is 10.4. The van der Waals surface area contributed by atoms with Gasteiger partial charge in [0.2, 0.25) is 10.0 Å². The van der Waals surface area contributed by atoms with Crippen molar-refractivity contribution in [3.8, 4) is 0 Å². The summed E-state index contributed by atoms with van der Waals surface area (Å²) in [7, 11) is -3.49. The predicted molar refractivity (Wildman–Crippen MR) is 77.2 cm³/mol. The van der Waals surface area contributed by atoms with Crippen LogP contribution in [0.1, 0.15) is 21.5 Å². The summed E-state index contributed by atoms with van der Waals surface area (Å²) in [5, 5.41) is 12.6. The Kier molecular flexibility index (Phi) is 4.53. The Labute approximate surface area is 120 Å². The summed E-state index contributed by atoms with van der Waals surface area (Å²) in [5.74, 6) is -1.31. The first-order valence-corrected chi connectivity index (χ1v) is 8.36. The Hall–Kier alpha value is -1.70. The largest absolute Gasteiger partial charge is 0.478 e. The van der Waals surface area contributed by atoms with E-state index in [1.807, 2.05) is 16.8 Å². The molecule has 0 amide bonds. The van der Waals surface area contributed by atoms with Gasteiger partial charge in [0.05, 0.1) is 11.3 Å². The molecule has 0 saturated heterocycles. The number of carboxylic acids is 1. The van der Waals surface area contributed by atoms with Gasteiger partial charge >= 0.3 is 5.97 Å². The molecule has 0 atom stereocenters. The Morgan fingerprint density at radius 1 is 1.25 bits per heavy atom. The molecule has 5 nitrogen and oxygen atoms in total. The maximum Gasteiger partial charge on any atom is 0.335 e. The molecule has 0 saturated carbocycles. The summed E-state index contributed by atoms with van der Waals surface area (Å²) in [6, 6.07) is 7.77. The van der Waals surface area contributed by atoms with Crippen molar-refractivity contribution >= 4 is 27.3 Å². The minimum atomic E-state index is -3.49. The zero-order chi connectivity index (χ0) is 14.6. The topological polar surface area (TPSA) is 83.5 Å². The minimum absolute atomic E-state index is 0.0792. The first-order chi connectivity index (χ1) is 9.46. The molecule has 0 aliphatic carbocycles. The molecule has 1 aromatic heterocycles. The summed E-state index contributed by atoms with van der Waals surface area (Å²) >= 11 is 1.50. The van der Waals surface area contributed by atoms with Crippen LogP contribution in [0, 0.1) is 0 Å². The number of aromatic carboxylic acids is 1. The molecular weight excluding hydrogens is 298 g/mol. The number of hydrogen-bond donors (Lipinski definition) is 2. The van der Waals surface area contributed by atoms with Crippen LogP contribution in [-0.4, -0.2) is 19.5 Å². The van der Waals surface area contributed by atoms with E-state index in [0.717, 1.165) is 5.56 Å². The molecule has 0 aliphatic rings. The van der Waals surface area contributed by atoms with Crippen LogP contribution in [0.5, 0.6) is 0 Å². The molecule has 1 aromatic carbocycles. The smallest absolute Gasteiger partial charge is 0.335 e. The van der Waals surface area contributed by atoms with Gasteiger partial charge in [-0.3, -0.25) is 0 Å². The van der Waals surface area contributed by atoms with Crippen LogP contribution < -0.4 is 4.72 Å². The molecule has 0 bridgehead atoms. The number of carboxylic acid groups (broad SMARTS) is 1. The molecule has 2 rings (SSSR count). The van der Waals surface area contributed by atoms with Gasteiger partial charge in [-0.05, 0) is 40.1 Å². The molecule has 20 heavy (non-hydrogen) atoms. The second kappa shape index (κ2) is 6.17. The van der Waals surface area contributed by atoms with E-state index in [2.05, 4.69) is 4.72 Å². The van der Waals surface area contributed by atoms with Crippen molar-refractivity contribution in [3.63, 3.8) is 0 Å². The van der Waals surface area contributed by atoms with Gasteiger partial charge in [-0.1, -0.05) is 12.1 Å². The van der Waals surface area contributed by atoms with Gasteiger partial charge in [0.15, 0.2) is 0 Å². The number of benzene rings is 1. The highest BCUT2D eigenvalue weighted by Gasteiger charge is 2.13. The van der Waals surface area contributed by atoms with Gasteiger partial charge in [-0.25, -0.2) is 17.9 Å². The second-order valence-corrected chi connectivity index (χ2v) is 6.80. The monoisotopic (exact) mass is 311 g/mol. The first-order valence-electron chi connectivity index (χ1n) is 5.77. The number of thiophene rings is 1. The lowest BCUT2D eigenvalue weighted by Gasteiger charge is -2.06. The lowest BCUT2D eigenvalue weighted by Crippen LogP contribution is -2.24. The van der Waals surface area contributed by atoms with Crippen molar-refractivity contribution in [3.05, 3.63) is 57.8 Å². The van der Waals surface area contributed by atoms with Crippen LogP contribution in [-0.2, 0) is 22.3 Å². The van der Waals surface area contributed by atoms with E-state index in [0.29, 0.717) is 5.56 Å². The van der Waals surface area contributed by atoms with E-state index < -0.39 is 16.0 Å². The Morgan fingerprint density at radius 3 is 2.70 bits per heavy atom. The number of sulfonamides is 1. The van der Waals surface area contributed by atoms with E-state index in [1.54, 1.807) is 6.07 Å². The van der Waals surface area contributed by atoms with Gasteiger partial charge in [-0.2, -0.15) is 11.3 Å². The van der Waals surface area contributed by atoms with Gasteiger partial charge in [0.1, 0.15) is 0 Å². The highest BCUT2D eigenvalue weighted by Crippen LogP contribution is 2.10. The maximum absolute atomic E-state index is 11.9. The molecule has 106 valence electrons. The summed E-state index contributed by atoms with van der Waals surface area (Å²) in [5.41, 5.74) is 1.43. The summed E-state index contributed by atoms with van der Waals surface area (Å²) in [6.45, 7) is 0.241. The van der Waals surface area contributed by atoms with Gasteiger partial charge in [0.25, 0.3) is 0 Å². The third-order valence-electron chi connectivity index (χ3n) is 2.61. The molecular formula is C13H13NO4S2. The van der Waals surface area contributed by atoms with Gasteiger partial charge in [0, 0.05) is 6.54 Å². The quantitative estimate of drug-likeness (QED) is 0.855. The Balaban J connectivity index is 2.04. The SMILES string of the molecule is O=C(O)c1cccc(CS(=O)(=O)NCc2ccsc2)c1. The summed E-state index contributed by atoms with van der Waals surface area (Å²) in [4.78, 5) is 10.8. The zero-order valence-corrected chi connectivity index (χ0v) is 12.1. The molecule has 1 heterocycles. The third-order valence-corrected chi connectivity index (χ3v) is 4.64. The number of rotatable bonds is 6. The molecule has 7 heteroatoms. The standard InChI is InChI=1S/C13H13NO4S2/c15-13(16)12-3-1-2-10(6-12)9-20(17,18)14-7-11-4-5-19-8-11/h1-6,8,14H,7,9H2,(H,15,16). The fraction of sp³-hybridized carbons (Fsp3) is 0.154. The van der Waals surface area contributed by atoms with E-state index in [4.69, 9.17) is 5.11 Å². The molecule has 0 fully saturated rings. The third kappa shape index (κ3) is 4.16. The van der Waals surface area contributed by atoms with Gasteiger partial charge in [-0.15, -0.1) is 0 Å². The number of nitrogens with one attached hydrogen (secondary N) is 1. The van der Waals surface area contributed by atoms with E-state index in [1.165, 1.54) is 29.5 Å². The maximum atomic E-state index is 11.9. The van der Waals surface area contributed by atoms with Crippen molar-refractivity contribution in [1.29, 1.82) is 0 Å². The van der Waals surface area contributed by atoms with E-state index >= 15 is 0 Å². The van der Waals surface area contributed by atoms with Crippen molar-refractivity contribution in [2.24, 2.45) is 0 Å². The highest BCUT2D eigenvalue weighted by molar-refractivity contribution is 7.88. The fourth-order valence-electron chi connectivity index (χ4n) is 1.65. The average Bonchev–Trinajstić information content (AvgIpc) is 2.89. The number of hydrogen-bond acceptors (Lipinski definition) is 4. The van der Waals surface area contributed by atoms with Gasteiger partial charge < -0.3 is 5.11 Å². The van der Waals surface area contributed by atoms with Crippen molar-refractivity contribution in [2.75, 3.05) is 0 Å². The molecule has 0 unspecified atom stereocenters. The summed E-state index contributed by atoms with van der Waals surface area (Å²) < 4.78 is 26.3. The van der Waals surface area contributed by atoms with Crippen LogP contribution in [0.25, 0.3) is 0 Å². The lowest BCUT2D eigenvalue weighted by atomic mass is 10.1.